The van der Waals surface area contributed by atoms with Gasteiger partial charge in [0, 0.05) is 30.9 Å². The highest BCUT2D eigenvalue weighted by Crippen LogP contribution is 2.30. The number of ether oxygens (including phenoxy) is 2. The molecule has 0 aliphatic rings. The summed E-state index contributed by atoms with van der Waals surface area (Å²) >= 11 is 0. The molecule has 27 heavy (non-hydrogen) atoms. The molecule has 0 unspecified atom stereocenters. The van der Waals surface area contributed by atoms with Crippen molar-refractivity contribution in [2.45, 2.75) is 33.6 Å². The lowest BCUT2D eigenvalue weighted by atomic mass is 10.2. The van der Waals surface area contributed by atoms with Crippen molar-refractivity contribution in [3.05, 3.63) is 35.8 Å². The normalized spacial score (nSPS) is 10.4. The third-order valence-electron chi connectivity index (χ3n) is 3.99. The fourth-order valence-electron chi connectivity index (χ4n) is 2.82. The van der Waals surface area contributed by atoms with Crippen LogP contribution in [0.2, 0.25) is 0 Å². The molecule has 1 N–H and O–H groups in total. The molecule has 2 aromatic rings. The highest BCUT2D eigenvalue weighted by atomic mass is 16.5. The number of rotatable bonds is 9. The van der Waals surface area contributed by atoms with Gasteiger partial charge in [0.2, 0.25) is 0 Å². The van der Waals surface area contributed by atoms with Gasteiger partial charge in [0.25, 0.3) is 5.91 Å². The maximum absolute atomic E-state index is 12.8. The molecule has 0 saturated heterocycles. The molecule has 0 aliphatic heterocycles. The van der Waals surface area contributed by atoms with E-state index in [1.54, 1.807) is 27.2 Å². The van der Waals surface area contributed by atoms with Crippen LogP contribution < -0.4 is 14.8 Å². The first-order chi connectivity index (χ1) is 13.0. The van der Waals surface area contributed by atoms with Crippen LogP contribution in [0.25, 0.3) is 0 Å². The minimum atomic E-state index is -0.0699. The molecule has 1 aromatic heterocycles. The fraction of sp³-hybridized carbons (Fsp3) is 0.450. The van der Waals surface area contributed by atoms with Crippen molar-refractivity contribution < 1.29 is 14.3 Å². The molecule has 1 aromatic carbocycles. The van der Waals surface area contributed by atoms with Gasteiger partial charge in [-0.05, 0) is 31.9 Å². The molecule has 0 saturated carbocycles. The maximum atomic E-state index is 12.8. The van der Waals surface area contributed by atoms with E-state index in [1.807, 2.05) is 23.1 Å². The zero-order chi connectivity index (χ0) is 19.8. The average molecular weight is 372 g/mol. The topological polar surface area (TPSA) is 76.6 Å². The van der Waals surface area contributed by atoms with Crippen LogP contribution in [0.15, 0.2) is 24.3 Å². The molecule has 0 bridgehead atoms. The molecule has 146 valence electrons. The van der Waals surface area contributed by atoms with E-state index in [1.165, 1.54) is 0 Å². The Labute approximate surface area is 160 Å². The van der Waals surface area contributed by atoms with Crippen LogP contribution in [0.4, 0.5) is 11.5 Å². The first-order valence-electron chi connectivity index (χ1n) is 9.16. The van der Waals surface area contributed by atoms with Crippen LogP contribution in [0.1, 0.15) is 43.0 Å². The largest absolute Gasteiger partial charge is 0.493 e. The molecule has 7 nitrogen and oxygen atoms in total. The number of benzene rings is 1. The summed E-state index contributed by atoms with van der Waals surface area (Å²) in [6.45, 7) is 7.33. The predicted octanol–water partition coefficient (Wildman–Crippen LogP) is 3.81. The number of carbonyl (C=O) groups excluding carboxylic acids is 1. The smallest absolute Gasteiger partial charge is 0.272 e. The Kier molecular flexibility index (Phi) is 7.40. The van der Waals surface area contributed by atoms with Crippen LogP contribution in [-0.4, -0.2) is 48.1 Å². The lowest BCUT2D eigenvalue weighted by Crippen LogP contribution is -2.33. The van der Waals surface area contributed by atoms with Gasteiger partial charge in [-0.25, -0.2) is 9.97 Å². The Bertz CT molecular complexity index is 774. The molecule has 1 heterocycles. The van der Waals surface area contributed by atoms with E-state index in [-0.39, 0.29) is 5.91 Å². The number of methoxy groups -OCH3 is 2. The first kappa shape index (κ1) is 20.5. The second kappa shape index (κ2) is 9.75. The number of nitrogens with zero attached hydrogens (tertiary/aromatic N) is 3. The van der Waals surface area contributed by atoms with E-state index < -0.39 is 0 Å². The van der Waals surface area contributed by atoms with Crippen LogP contribution in [0.3, 0.4) is 0 Å². The standard InChI is InChI=1S/C20H28N4O3/c1-6-10-24(11-7-2)20(25)16-13-19(22-14(3)21-16)23-15-8-9-17(26-4)18(12-15)27-5/h8-9,12-13H,6-7,10-11H2,1-5H3,(H,21,22,23). The summed E-state index contributed by atoms with van der Waals surface area (Å²) < 4.78 is 10.6. The lowest BCUT2D eigenvalue weighted by molar-refractivity contribution is 0.0749. The molecule has 0 radical (unpaired) electrons. The van der Waals surface area contributed by atoms with Gasteiger partial charge in [0.15, 0.2) is 11.5 Å². The monoisotopic (exact) mass is 372 g/mol. The molecule has 0 aliphatic carbocycles. The zero-order valence-corrected chi connectivity index (χ0v) is 16.7. The van der Waals surface area contributed by atoms with Gasteiger partial charge in [-0.2, -0.15) is 0 Å². The van der Waals surface area contributed by atoms with Crippen molar-refractivity contribution in [2.24, 2.45) is 0 Å². The third kappa shape index (κ3) is 5.32. The highest BCUT2D eigenvalue weighted by molar-refractivity contribution is 5.93. The Morgan fingerprint density at radius 1 is 1.04 bits per heavy atom. The molecule has 2 rings (SSSR count). The number of aryl methyl sites for hydroxylation is 1. The van der Waals surface area contributed by atoms with Crippen molar-refractivity contribution >= 4 is 17.4 Å². The Balaban J connectivity index is 2.28. The van der Waals surface area contributed by atoms with Gasteiger partial charge >= 0.3 is 0 Å². The van der Waals surface area contributed by atoms with Gasteiger partial charge in [0.05, 0.1) is 14.2 Å². The summed E-state index contributed by atoms with van der Waals surface area (Å²) in [5, 5.41) is 3.21. The number of aromatic nitrogens is 2. The summed E-state index contributed by atoms with van der Waals surface area (Å²) in [4.78, 5) is 23.4. The summed E-state index contributed by atoms with van der Waals surface area (Å²) in [6.07, 6.45) is 1.82. The van der Waals surface area contributed by atoms with Gasteiger partial charge < -0.3 is 19.7 Å². The van der Waals surface area contributed by atoms with E-state index in [9.17, 15) is 4.79 Å². The SMILES string of the molecule is CCCN(CCC)C(=O)c1cc(Nc2ccc(OC)c(OC)c2)nc(C)n1. The van der Waals surface area contributed by atoms with Crippen molar-refractivity contribution in [2.75, 3.05) is 32.6 Å². The number of nitrogens with one attached hydrogen (secondary N) is 1. The molecular weight excluding hydrogens is 344 g/mol. The van der Waals surface area contributed by atoms with E-state index in [2.05, 4.69) is 29.1 Å². The van der Waals surface area contributed by atoms with E-state index in [0.717, 1.165) is 18.5 Å². The van der Waals surface area contributed by atoms with E-state index >= 15 is 0 Å². The Morgan fingerprint density at radius 3 is 2.30 bits per heavy atom. The molecule has 1 amide bonds. The van der Waals surface area contributed by atoms with Crippen LogP contribution >= 0.6 is 0 Å². The highest BCUT2D eigenvalue weighted by Gasteiger charge is 2.17. The zero-order valence-electron chi connectivity index (χ0n) is 16.7. The summed E-state index contributed by atoms with van der Waals surface area (Å²) in [7, 11) is 3.18. The van der Waals surface area contributed by atoms with Crippen LogP contribution in [-0.2, 0) is 0 Å². The average Bonchev–Trinajstić information content (AvgIpc) is 2.66. The number of amides is 1. The van der Waals surface area contributed by atoms with E-state index in [4.69, 9.17) is 9.47 Å². The second-order valence-corrected chi connectivity index (χ2v) is 6.17. The fourth-order valence-corrected chi connectivity index (χ4v) is 2.82. The van der Waals surface area contributed by atoms with Crippen molar-refractivity contribution in [3.63, 3.8) is 0 Å². The Hall–Kier alpha value is -2.83. The molecule has 0 spiro atoms. The number of anilines is 2. The first-order valence-corrected chi connectivity index (χ1v) is 9.16. The summed E-state index contributed by atoms with van der Waals surface area (Å²) in [5.41, 5.74) is 1.18. The minimum Gasteiger partial charge on any atom is -0.493 e. The number of carbonyl (C=O) groups is 1. The lowest BCUT2D eigenvalue weighted by Gasteiger charge is -2.21. The van der Waals surface area contributed by atoms with Crippen LogP contribution in [0, 0.1) is 6.92 Å². The molecule has 7 heteroatoms. The third-order valence-corrected chi connectivity index (χ3v) is 3.99. The quantitative estimate of drug-likeness (QED) is 0.721. The Morgan fingerprint density at radius 2 is 1.70 bits per heavy atom. The van der Waals surface area contributed by atoms with Gasteiger partial charge in [-0.3, -0.25) is 4.79 Å². The van der Waals surface area contributed by atoms with Gasteiger partial charge in [0.1, 0.15) is 17.3 Å². The van der Waals surface area contributed by atoms with Crippen LogP contribution in [0.5, 0.6) is 11.5 Å². The van der Waals surface area contributed by atoms with E-state index in [0.29, 0.717) is 41.9 Å². The summed E-state index contributed by atoms with van der Waals surface area (Å²) in [5.74, 6) is 2.29. The molecule has 0 fully saturated rings. The van der Waals surface area contributed by atoms with Gasteiger partial charge in [-0.15, -0.1) is 0 Å². The molecule has 0 atom stereocenters. The predicted molar refractivity (Wildman–Crippen MR) is 106 cm³/mol. The number of hydrogen-bond donors (Lipinski definition) is 1. The molecular formula is C20H28N4O3. The van der Waals surface area contributed by atoms with Crippen molar-refractivity contribution in [1.82, 2.24) is 14.9 Å². The minimum absolute atomic E-state index is 0.0699. The number of hydrogen-bond acceptors (Lipinski definition) is 6. The van der Waals surface area contributed by atoms with Gasteiger partial charge in [-0.1, -0.05) is 13.8 Å². The maximum Gasteiger partial charge on any atom is 0.272 e. The second-order valence-electron chi connectivity index (χ2n) is 6.17. The van der Waals surface area contributed by atoms with Crippen molar-refractivity contribution in [3.8, 4) is 11.5 Å². The van der Waals surface area contributed by atoms with Crippen molar-refractivity contribution in [1.29, 1.82) is 0 Å². The summed E-state index contributed by atoms with van der Waals surface area (Å²) in [6, 6.07) is 7.18.